The molecular formula is C25H43N7O4. The highest BCUT2D eigenvalue weighted by Crippen LogP contribution is 2.47. The number of unbranched alkanes of at least 4 members (excludes halogenated alkanes) is 2. The normalized spacial score (nSPS) is 26.1. The van der Waals surface area contributed by atoms with Gasteiger partial charge in [-0.1, -0.05) is 0 Å². The average Bonchev–Trinajstić information content (AvgIpc) is 3.46. The van der Waals surface area contributed by atoms with E-state index < -0.39 is 36.9 Å². The first kappa shape index (κ1) is 27.2. The largest absolute Gasteiger partial charge is 0.853 e. The molecule has 0 aromatic carbocycles. The standard InChI is InChI=1S/C25H43N7O4/c1-31(2,3)13-9-7-11-25(12-8-10-14-32(4,5)6)35-20-18(15-33)34-24(21(20)36-25)30-17-29-19-22(26)27-16-28-23(19)30/h16-18,20-21,24H,7-15H2,1-6H3,(H-,26,27,28). The SMILES string of the molecule is C[N+](C)(C)CCCCC1(CCCC[N+](C)(C)C)OC2C(C[O-])OC(n3cnc4c([NH-])ncnc43)C2O1. The molecule has 2 aromatic heterocycles. The minimum atomic E-state index is -0.730. The summed E-state index contributed by atoms with van der Waals surface area (Å²) in [6.45, 7) is 1.75. The predicted molar refractivity (Wildman–Crippen MR) is 134 cm³/mol. The molecule has 4 heterocycles. The molecule has 0 amide bonds. The first-order chi connectivity index (χ1) is 16.9. The summed E-state index contributed by atoms with van der Waals surface area (Å²) in [7, 11) is 13.2. The van der Waals surface area contributed by atoms with Gasteiger partial charge >= 0.3 is 0 Å². The molecule has 4 unspecified atom stereocenters. The van der Waals surface area contributed by atoms with Crippen LogP contribution in [0.15, 0.2) is 12.7 Å². The second kappa shape index (κ2) is 10.5. The molecular weight excluding hydrogens is 462 g/mol. The van der Waals surface area contributed by atoms with Crippen LogP contribution in [0.2, 0.25) is 0 Å². The highest BCUT2D eigenvalue weighted by atomic mass is 16.8. The van der Waals surface area contributed by atoms with Gasteiger partial charge in [0.15, 0.2) is 17.7 Å². The quantitative estimate of drug-likeness (QED) is 0.320. The van der Waals surface area contributed by atoms with Gasteiger partial charge < -0.3 is 39.0 Å². The number of aromatic nitrogens is 4. The molecule has 4 rings (SSSR count). The number of nitrogens with zero attached hydrogens (tertiary/aromatic N) is 6. The number of fused-ring (bicyclic) bond motifs is 2. The van der Waals surface area contributed by atoms with Crippen molar-refractivity contribution in [1.29, 1.82) is 0 Å². The first-order valence-electron chi connectivity index (χ1n) is 13.0. The zero-order valence-electron chi connectivity index (χ0n) is 22.6. The average molecular weight is 506 g/mol. The number of rotatable bonds is 12. The summed E-state index contributed by atoms with van der Waals surface area (Å²) < 4.78 is 23.1. The van der Waals surface area contributed by atoms with Gasteiger partial charge in [0.25, 0.3) is 0 Å². The summed E-state index contributed by atoms with van der Waals surface area (Å²) in [5, 5.41) is 12.1. The molecule has 2 fully saturated rings. The number of imidazole rings is 1. The Bertz CT molecular complexity index is 994. The van der Waals surface area contributed by atoms with Gasteiger partial charge in [-0.15, -0.1) is 6.61 Å². The smallest absolute Gasteiger partial charge is 0.169 e. The zero-order chi connectivity index (χ0) is 26.1. The Morgan fingerprint density at radius 3 is 2.11 bits per heavy atom. The number of hydrogen-bond acceptors (Lipinski definition) is 7. The van der Waals surface area contributed by atoms with E-state index in [1.165, 1.54) is 6.33 Å². The summed E-state index contributed by atoms with van der Waals surface area (Å²) in [6.07, 6.45) is 6.54. The van der Waals surface area contributed by atoms with Crippen molar-refractivity contribution in [3.63, 3.8) is 0 Å². The van der Waals surface area contributed by atoms with Gasteiger partial charge in [-0.3, -0.25) is 4.57 Å². The molecule has 2 aliphatic heterocycles. The maximum Gasteiger partial charge on any atom is 0.169 e. The van der Waals surface area contributed by atoms with E-state index in [9.17, 15) is 5.11 Å². The Balaban J connectivity index is 1.54. The molecule has 0 bridgehead atoms. The van der Waals surface area contributed by atoms with E-state index in [1.54, 1.807) is 10.9 Å². The predicted octanol–water partition coefficient (Wildman–Crippen LogP) is 2.00. The Labute approximate surface area is 214 Å². The van der Waals surface area contributed by atoms with Crippen LogP contribution in [0.5, 0.6) is 0 Å². The first-order valence-corrected chi connectivity index (χ1v) is 13.0. The molecule has 0 aliphatic carbocycles. The Morgan fingerprint density at radius 1 is 0.917 bits per heavy atom. The minimum absolute atomic E-state index is 0.0566. The third-order valence-electron chi connectivity index (χ3n) is 7.06. The van der Waals surface area contributed by atoms with E-state index in [0.29, 0.717) is 11.2 Å². The van der Waals surface area contributed by atoms with E-state index >= 15 is 0 Å². The summed E-state index contributed by atoms with van der Waals surface area (Å²) in [4.78, 5) is 12.6. The van der Waals surface area contributed by atoms with E-state index in [0.717, 1.165) is 60.6 Å². The van der Waals surface area contributed by atoms with Crippen molar-refractivity contribution in [1.82, 2.24) is 19.5 Å². The van der Waals surface area contributed by atoms with Gasteiger partial charge in [0.1, 0.15) is 17.7 Å². The molecule has 2 aliphatic rings. The Hall–Kier alpha value is -1.89. The lowest BCUT2D eigenvalue weighted by Gasteiger charge is -2.33. The molecule has 11 nitrogen and oxygen atoms in total. The van der Waals surface area contributed by atoms with Crippen molar-refractivity contribution >= 4 is 17.0 Å². The molecule has 36 heavy (non-hydrogen) atoms. The van der Waals surface area contributed by atoms with Crippen molar-refractivity contribution < 1.29 is 28.3 Å². The topological polar surface area (TPSA) is 118 Å². The summed E-state index contributed by atoms with van der Waals surface area (Å²) in [5.41, 5.74) is 8.93. The van der Waals surface area contributed by atoms with Crippen LogP contribution in [-0.4, -0.2) is 115 Å². The lowest BCUT2D eigenvalue weighted by molar-refractivity contribution is -0.870. The van der Waals surface area contributed by atoms with Crippen LogP contribution in [0.3, 0.4) is 0 Å². The number of hydrogen-bond donors (Lipinski definition) is 0. The fourth-order valence-electron chi connectivity index (χ4n) is 5.22. The maximum atomic E-state index is 12.1. The van der Waals surface area contributed by atoms with Crippen molar-refractivity contribution in [2.24, 2.45) is 0 Å². The number of quaternary nitrogens is 2. The van der Waals surface area contributed by atoms with Gasteiger partial charge in [0.05, 0.1) is 67.8 Å². The lowest BCUT2D eigenvalue weighted by atomic mass is 10.0. The molecule has 4 atom stereocenters. The van der Waals surface area contributed by atoms with Gasteiger partial charge in [0.2, 0.25) is 0 Å². The fourth-order valence-corrected chi connectivity index (χ4v) is 5.22. The van der Waals surface area contributed by atoms with E-state index in [2.05, 4.69) is 57.2 Å². The molecule has 2 aromatic rings. The third kappa shape index (κ3) is 6.15. The van der Waals surface area contributed by atoms with Crippen LogP contribution in [0.25, 0.3) is 16.9 Å². The van der Waals surface area contributed by atoms with Crippen LogP contribution in [0.1, 0.15) is 44.8 Å². The fraction of sp³-hybridized carbons (Fsp3) is 0.800. The second-order valence-electron chi connectivity index (χ2n) is 12.3. The zero-order valence-corrected chi connectivity index (χ0v) is 22.6. The molecule has 202 valence electrons. The van der Waals surface area contributed by atoms with E-state index in [1.807, 2.05) is 0 Å². The summed E-state index contributed by atoms with van der Waals surface area (Å²) >= 11 is 0. The van der Waals surface area contributed by atoms with E-state index in [4.69, 9.17) is 19.9 Å². The third-order valence-corrected chi connectivity index (χ3v) is 7.06. The van der Waals surface area contributed by atoms with Crippen LogP contribution in [0.4, 0.5) is 5.82 Å². The van der Waals surface area contributed by atoms with Crippen LogP contribution < -0.4 is 5.11 Å². The summed E-state index contributed by atoms with van der Waals surface area (Å²) in [5.74, 6) is -0.673. The van der Waals surface area contributed by atoms with Gasteiger partial charge in [-0.25, -0.2) is 9.97 Å². The highest BCUT2D eigenvalue weighted by Gasteiger charge is 2.57. The second-order valence-corrected chi connectivity index (χ2v) is 12.3. The molecule has 0 radical (unpaired) electrons. The van der Waals surface area contributed by atoms with Gasteiger partial charge in [-0.05, 0) is 31.5 Å². The van der Waals surface area contributed by atoms with Crippen LogP contribution in [-0.2, 0) is 14.2 Å². The number of nitrogens with one attached hydrogen (secondary N) is 1. The van der Waals surface area contributed by atoms with Crippen LogP contribution in [0, 0.1) is 0 Å². The highest BCUT2D eigenvalue weighted by molar-refractivity contribution is 5.82. The van der Waals surface area contributed by atoms with Gasteiger partial charge in [-0.2, -0.15) is 0 Å². The molecule has 2 saturated heterocycles. The number of ether oxygens (including phenoxy) is 3. The van der Waals surface area contributed by atoms with Crippen molar-refractivity contribution in [2.75, 3.05) is 62.0 Å². The summed E-state index contributed by atoms with van der Waals surface area (Å²) in [6, 6.07) is 0. The monoisotopic (exact) mass is 505 g/mol. The minimum Gasteiger partial charge on any atom is -0.853 e. The molecule has 0 saturated carbocycles. The molecule has 1 N–H and O–H groups in total. The van der Waals surface area contributed by atoms with E-state index in [-0.39, 0.29) is 5.82 Å². The van der Waals surface area contributed by atoms with Crippen molar-refractivity contribution in [3.8, 4) is 0 Å². The lowest BCUT2D eigenvalue weighted by Crippen LogP contribution is -2.39. The van der Waals surface area contributed by atoms with Crippen molar-refractivity contribution in [2.45, 2.75) is 68.9 Å². The van der Waals surface area contributed by atoms with Gasteiger partial charge in [0, 0.05) is 19.2 Å². The Kier molecular flexibility index (Phi) is 7.89. The maximum absolute atomic E-state index is 12.1. The molecule has 0 spiro atoms. The van der Waals surface area contributed by atoms with Crippen LogP contribution >= 0.6 is 0 Å². The van der Waals surface area contributed by atoms with Crippen molar-refractivity contribution in [3.05, 3.63) is 18.4 Å². The molecule has 11 heteroatoms. The Morgan fingerprint density at radius 2 is 1.53 bits per heavy atom.